The van der Waals surface area contributed by atoms with Crippen LogP contribution in [-0.2, 0) is 42.8 Å². The van der Waals surface area contributed by atoms with Gasteiger partial charge in [-0.3, -0.25) is 19.7 Å². The number of aldehydes is 1. The van der Waals surface area contributed by atoms with Gasteiger partial charge in [-0.25, -0.2) is 4.79 Å². The number of oxime groups is 1. The zero-order valence-electron chi connectivity index (χ0n) is 39.1. The predicted molar refractivity (Wildman–Crippen MR) is 243 cm³/mol. The Balaban J connectivity index is 1.13. The number of methoxy groups -OCH3 is 1. The highest BCUT2D eigenvalue weighted by atomic mass is 16.7. The first-order chi connectivity index (χ1) is 31.7. The minimum atomic E-state index is -1.97. The van der Waals surface area contributed by atoms with Crippen molar-refractivity contribution in [2.75, 3.05) is 19.0 Å². The molecule has 1 amide bonds. The second-order valence-electron chi connectivity index (χ2n) is 19.7. The summed E-state index contributed by atoms with van der Waals surface area (Å²) in [5.41, 5.74) is 0.841. The number of esters is 1. The van der Waals surface area contributed by atoms with Crippen LogP contribution in [0.5, 0.6) is 0 Å². The van der Waals surface area contributed by atoms with E-state index in [0.29, 0.717) is 72.6 Å². The van der Waals surface area contributed by atoms with Gasteiger partial charge in [0.1, 0.15) is 41.8 Å². The molecule has 1 saturated carbocycles. The summed E-state index contributed by atoms with van der Waals surface area (Å²) in [6, 6.07) is 6.23. The molecule has 66 heavy (non-hydrogen) atoms. The fourth-order valence-corrected chi connectivity index (χ4v) is 11.2. The monoisotopic (exact) mass is 916 g/mol. The summed E-state index contributed by atoms with van der Waals surface area (Å²) in [5.74, 6) is -2.20. The van der Waals surface area contributed by atoms with Crippen LogP contribution < -0.4 is 5.32 Å². The van der Waals surface area contributed by atoms with Gasteiger partial charge in [-0.1, -0.05) is 68.6 Å². The molecule has 3 N–H and O–H groups in total. The first kappa shape index (κ1) is 48.4. The Bertz CT molecular complexity index is 2080. The van der Waals surface area contributed by atoms with Crippen LogP contribution in [-0.4, -0.2) is 115 Å². The van der Waals surface area contributed by atoms with E-state index in [1.807, 2.05) is 26.0 Å². The molecule has 1 spiro atoms. The van der Waals surface area contributed by atoms with Crippen molar-refractivity contribution in [3.05, 3.63) is 76.9 Å². The average Bonchev–Trinajstić information content (AvgIpc) is 3.64. The molecule has 4 saturated heterocycles. The molecule has 15 nitrogen and oxygen atoms in total. The summed E-state index contributed by atoms with van der Waals surface area (Å²) in [4.78, 5) is 44.1. The van der Waals surface area contributed by atoms with Crippen molar-refractivity contribution in [3.8, 4) is 0 Å². The van der Waals surface area contributed by atoms with Crippen molar-refractivity contribution < 1.29 is 62.6 Å². The SMILES string of the molecule is COC1CC(OC2/C(C)=C/CC3CC(CC4(CCC(C)C(C5CCCCC5)O4)O3)OC(=O)C3C=C(C)/C(=N\OC(=O)Nc4ccc(C=O)cc4)C4OC/C(=C\C=C\C2C)C34O)OC(C)C1O. The summed E-state index contributed by atoms with van der Waals surface area (Å²) in [5, 5.41) is 30.5. The predicted octanol–water partition coefficient (Wildman–Crippen LogP) is 7.66. The van der Waals surface area contributed by atoms with Crippen LogP contribution in [0, 0.1) is 23.7 Å². The lowest BCUT2D eigenvalue weighted by molar-refractivity contribution is -0.342. The molecule has 5 heterocycles. The Morgan fingerprint density at radius 2 is 1.79 bits per heavy atom. The molecule has 2 bridgehead atoms. The number of benzene rings is 1. The van der Waals surface area contributed by atoms with Gasteiger partial charge in [0.25, 0.3) is 0 Å². The smallest absolute Gasteiger partial charge is 0.437 e. The Labute approximate surface area is 387 Å². The molecule has 0 aromatic heterocycles. The molecule has 8 rings (SSSR count). The minimum Gasteiger partial charge on any atom is -0.462 e. The number of aliphatic hydroxyl groups excluding tert-OH is 1. The van der Waals surface area contributed by atoms with Crippen LogP contribution in [0.25, 0.3) is 0 Å². The van der Waals surface area contributed by atoms with Crippen molar-refractivity contribution in [2.45, 2.75) is 172 Å². The van der Waals surface area contributed by atoms with Crippen LogP contribution in [0.4, 0.5) is 10.5 Å². The summed E-state index contributed by atoms with van der Waals surface area (Å²) in [6.45, 7) is 9.82. The number of anilines is 1. The highest BCUT2D eigenvalue weighted by molar-refractivity contribution is 6.07. The fraction of sp³-hybridized carbons (Fsp3) is 0.647. The topological polar surface area (TPSA) is 190 Å². The summed E-state index contributed by atoms with van der Waals surface area (Å²) < 4.78 is 45.6. The number of nitrogens with one attached hydrogen (secondary N) is 1. The Kier molecular flexibility index (Phi) is 15.2. The Morgan fingerprint density at radius 1 is 1.02 bits per heavy atom. The van der Waals surface area contributed by atoms with E-state index in [0.717, 1.165) is 24.8 Å². The van der Waals surface area contributed by atoms with Crippen LogP contribution in [0.1, 0.15) is 116 Å². The molecule has 14 unspecified atom stereocenters. The highest BCUT2D eigenvalue weighted by Crippen LogP contribution is 2.48. The van der Waals surface area contributed by atoms with Gasteiger partial charge in [-0.15, -0.1) is 0 Å². The number of fused-ring (bicyclic) bond motifs is 2. The number of rotatable bonds is 7. The molecular weight excluding hydrogens is 849 g/mol. The fourth-order valence-electron chi connectivity index (χ4n) is 11.2. The number of allylic oxidation sites excluding steroid dienone is 2. The number of carbonyl (C=O) groups is 3. The van der Waals surface area contributed by atoms with Crippen molar-refractivity contribution in [1.82, 2.24) is 0 Å². The second kappa shape index (κ2) is 20.7. The summed E-state index contributed by atoms with van der Waals surface area (Å²) >= 11 is 0. The largest absolute Gasteiger partial charge is 0.462 e. The van der Waals surface area contributed by atoms with E-state index in [2.05, 4.69) is 23.5 Å². The Hall–Kier alpha value is -4.06. The zero-order chi connectivity index (χ0) is 46.8. The maximum absolute atomic E-state index is 14.8. The number of aliphatic hydroxyl groups is 2. The number of carbonyl (C=O) groups excluding carboxylic acids is 3. The third-order valence-corrected chi connectivity index (χ3v) is 15.0. The maximum Gasteiger partial charge on any atom is 0.437 e. The first-order valence-corrected chi connectivity index (χ1v) is 24.0. The van der Waals surface area contributed by atoms with Gasteiger partial charge in [0, 0.05) is 50.0 Å². The number of hydrogen-bond donors (Lipinski definition) is 3. The third kappa shape index (κ3) is 10.3. The Morgan fingerprint density at radius 3 is 2.53 bits per heavy atom. The lowest BCUT2D eigenvalue weighted by Gasteiger charge is -2.51. The number of hydrogen-bond acceptors (Lipinski definition) is 14. The van der Waals surface area contributed by atoms with E-state index in [1.54, 1.807) is 57.4 Å². The van der Waals surface area contributed by atoms with Crippen LogP contribution >= 0.6 is 0 Å². The highest BCUT2D eigenvalue weighted by Gasteiger charge is 2.60. The minimum absolute atomic E-state index is 0.0285. The third-order valence-electron chi connectivity index (χ3n) is 15.0. The molecule has 14 atom stereocenters. The van der Waals surface area contributed by atoms with Crippen molar-refractivity contribution in [1.29, 1.82) is 0 Å². The average molecular weight is 917 g/mol. The number of nitrogens with zero attached hydrogens (tertiary/aromatic N) is 1. The van der Waals surface area contributed by atoms with Gasteiger partial charge in [0.05, 0.1) is 37.1 Å². The number of ether oxygens (including phenoxy) is 7. The maximum atomic E-state index is 14.8. The molecule has 1 aromatic rings. The van der Waals surface area contributed by atoms with E-state index in [1.165, 1.54) is 19.3 Å². The van der Waals surface area contributed by atoms with Crippen molar-refractivity contribution >= 4 is 29.7 Å². The summed E-state index contributed by atoms with van der Waals surface area (Å²) in [7, 11) is 1.57. The van der Waals surface area contributed by atoms with Gasteiger partial charge in [0.2, 0.25) is 0 Å². The lowest BCUT2D eigenvalue weighted by atomic mass is 9.71. The second-order valence-corrected chi connectivity index (χ2v) is 19.7. The van der Waals surface area contributed by atoms with Crippen molar-refractivity contribution in [3.63, 3.8) is 0 Å². The quantitative estimate of drug-likeness (QED) is 0.0796. The van der Waals surface area contributed by atoms with Crippen LogP contribution in [0.2, 0.25) is 0 Å². The zero-order valence-corrected chi connectivity index (χ0v) is 39.1. The van der Waals surface area contributed by atoms with Gasteiger partial charge in [0.15, 0.2) is 12.1 Å². The standard InChI is InChI=1S/C51H68N2O13/c1-29-11-10-14-36-28-60-47-43(53-66-49(57)52-37-18-16-34(27-54)17-19-37)32(4)23-40(51(36,47)58)48(56)62-39-24-38(20-15-30(2)45(29)63-42-25-41(59-6)44(55)33(5)61-42)64-50(26-39)22-21-31(3)46(65-50)35-12-8-7-9-13-35/h10-11,14-19,23,27,29,31,33,35,38-42,44-47,55,58H,7-9,12-13,20-22,24-26,28H2,1-6H3,(H,52,57)/b11-10+,30-15+,36-14+,53-43+. The van der Waals surface area contributed by atoms with Crippen LogP contribution in [0.3, 0.4) is 0 Å². The molecule has 7 aliphatic rings. The molecule has 360 valence electrons. The molecule has 1 aromatic carbocycles. The van der Waals surface area contributed by atoms with Gasteiger partial charge in [-0.2, -0.15) is 0 Å². The van der Waals surface area contributed by atoms with Gasteiger partial charge >= 0.3 is 12.1 Å². The molecule has 2 aliphatic carbocycles. The van der Waals surface area contributed by atoms with E-state index in [9.17, 15) is 24.6 Å². The summed E-state index contributed by atoms with van der Waals surface area (Å²) in [6.07, 6.45) is 13.2. The molecule has 15 heteroatoms. The molecule has 5 fully saturated rings. The first-order valence-electron chi connectivity index (χ1n) is 24.0. The van der Waals surface area contributed by atoms with Crippen LogP contribution in [0.15, 0.2) is 76.5 Å². The number of amides is 1. The van der Waals surface area contributed by atoms with E-state index < -0.39 is 72.3 Å². The lowest BCUT2D eigenvalue weighted by Crippen LogP contribution is -2.58. The molecule has 0 radical (unpaired) electrons. The van der Waals surface area contributed by atoms with E-state index in [4.69, 9.17) is 38.0 Å². The van der Waals surface area contributed by atoms with Gasteiger partial charge < -0.3 is 43.4 Å². The van der Waals surface area contributed by atoms with Crippen molar-refractivity contribution in [2.24, 2.45) is 28.8 Å². The normalized spacial score (nSPS) is 41.6. The molecule has 5 aliphatic heterocycles. The van der Waals surface area contributed by atoms with Gasteiger partial charge in [-0.05, 0) is 99.3 Å². The van der Waals surface area contributed by atoms with E-state index >= 15 is 0 Å². The van der Waals surface area contributed by atoms with E-state index in [-0.39, 0.29) is 30.4 Å². The molecular formula is C51H68N2O13.